The molecule has 16 heavy (non-hydrogen) atoms. The van der Waals surface area contributed by atoms with Crippen LogP contribution in [0.1, 0.15) is 32.6 Å². The molecule has 1 heterocycles. The van der Waals surface area contributed by atoms with E-state index in [1.807, 2.05) is 0 Å². The van der Waals surface area contributed by atoms with Crippen LogP contribution in [0.4, 0.5) is 0 Å². The fraction of sp³-hybridized carbons (Fsp3) is 0.900. The van der Waals surface area contributed by atoms with E-state index in [1.165, 1.54) is 0 Å². The van der Waals surface area contributed by atoms with Crippen LogP contribution in [0.5, 0.6) is 0 Å². The van der Waals surface area contributed by atoms with Crippen molar-refractivity contribution in [2.24, 2.45) is 5.41 Å². The van der Waals surface area contributed by atoms with Gasteiger partial charge in [0.1, 0.15) is 4.33 Å². The van der Waals surface area contributed by atoms with Crippen LogP contribution in [0.2, 0.25) is 0 Å². The lowest BCUT2D eigenvalue weighted by molar-refractivity contribution is -0.202. The summed E-state index contributed by atoms with van der Waals surface area (Å²) in [5, 5.41) is 0. The van der Waals surface area contributed by atoms with E-state index in [4.69, 9.17) is 32.8 Å². The molecule has 0 aromatic carbocycles. The lowest BCUT2D eigenvalue weighted by atomic mass is 10.1. The molecule has 2 rings (SSSR count). The van der Waals surface area contributed by atoms with Gasteiger partial charge in [-0.3, -0.25) is 4.79 Å². The minimum atomic E-state index is -0.964. The Labute approximate surface area is 105 Å². The maximum Gasteiger partial charge on any atom is 0.252 e. The van der Waals surface area contributed by atoms with E-state index in [0.29, 0.717) is 13.0 Å². The molecule has 2 unspecified atom stereocenters. The SMILES string of the molecule is CC1(C(=O)NOC2CCCCO2)CC1(Cl)Cl. The van der Waals surface area contributed by atoms with Crippen molar-refractivity contribution < 1.29 is 14.4 Å². The molecule has 0 aromatic heterocycles. The van der Waals surface area contributed by atoms with Gasteiger partial charge in [0, 0.05) is 13.0 Å². The first-order chi connectivity index (χ1) is 7.46. The molecule has 2 fully saturated rings. The first kappa shape index (κ1) is 12.4. The van der Waals surface area contributed by atoms with E-state index in [-0.39, 0.29) is 12.2 Å². The number of alkyl halides is 2. The largest absolute Gasteiger partial charge is 0.350 e. The van der Waals surface area contributed by atoms with Gasteiger partial charge < -0.3 is 4.74 Å². The Morgan fingerprint density at radius 1 is 1.50 bits per heavy atom. The molecule has 1 aliphatic heterocycles. The van der Waals surface area contributed by atoms with Crippen LogP contribution in [-0.2, 0) is 14.4 Å². The fourth-order valence-corrected chi connectivity index (χ4v) is 2.39. The molecule has 92 valence electrons. The second-order valence-electron chi connectivity index (χ2n) is 4.56. The second-order valence-corrected chi connectivity index (χ2v) is 6.04. The number of halogens is 2. The average molecular weight is 268 g/mol. The quantitative estimate of drug-likeness (QED) is 0.630. The number of amides is 1. The Morgan fingerprint density at radius 2 is 2.19 bits per heavy atom. The topological polar surface area (TPSA) is 47.6 Å². The van der Waals surface area contributed by atoms with Crippen LogP contribution in [0.25, 0.3) is 0 Å². The van der Waals surface area contributed by atoms with Crippen LogP contribution in [0.3, 0.4) is 0 Å². The molecular weight excluding hydrogens is 253 g/mol. The lowest BCUT2D eigenvalue weighted by Crippen LogP contribution is -2.38. The number of carbonyl (C=O) groups excluding carboxylic acids is 1. The van der Waals surface area contributed by atoms with Gasteiger partial charge in [0.05, 0.1) is 5.41 Å². The Bertz CT molecular complexity index is 292. The van der Waals surface area contributed by atoms with E-state index in [0.717, 1.165) is 19.3 Å². The highest BCUT2D eigenvalue weighted by atomic mass is 35.5. The minimum absolute atomic E-state index is 0.285. The van der Waals surface area contributed by atoms with Crippen molar-refractivity contribution in [3.05, 3.63) is 0 Å². The summed E-state index contributed by atoms with van der Waals surface area (Å²) in [5.41, 5.74) is 1.63. The molecule has 1 saturated heterocycles. The summed E-state index contributed by atoms with van der Waals surface area (Å²) in [4.78, 5) is 16.9. The van der Waals surface area contributed by atoms with Crippen LogP contribution in [-0.4, -0.2) is 23.1 Å². The highest BCUT2D eigenvalue weighted by Crippen LogP contribution is 2.63. The maximum absolute atomic E-state index is 11.7. The van der Waals surface area contributed by atoms with Gasteiger partial charge >= 0.3 is 0 Å². The van der Waals surface area contributed by atoms with Crippen molar-refractivity contribution in [3.63, 3.8) is 0 Å². The number of ether oxygens (including phenoxy) is 1. The van der Waals surface area contributed by atoms with E-state index >= 15 is 0 Å². The Balaban J connectivity index is 1.76. The molecule has 0 bridgehead atoms. The molecule has 2 aliphatic rings. The number of nitrogens with one attached hydrogen (secondary N) is 1. The number of hydroxylamine groups is 1. The summed E-state index contributed by atoms with van der Waals surface area (Å²) in [6.45, 7) is 2.39. The van der Waals surface area contributed by atoms with E-state index in [1.54, 1.807) is 6.92 Å². The Hall–Kier alpha value is -0.0300. The van der Waals surface area contributed by atoms with Gasteiger partial charge in [-0.1, -0.05) is 0 Å². The fourth-order valence-electron chi connectivity index (χ4n) is 1.68. The standard InChI is InChI=1S/C10H15Cl2NO3/c1-9(6-10(9,11)12)8(14)13-16-7-4-2-3-5-15-7/h7H,2-6H2,1H3,(H,13,14). The van der Waals surface area contributed by atoms with Crippen molar-refractivity contribution in [1.82, 2.24) is 5.48 Å². The number of carbonyl (C=O) groups is 1. The van der Waals surface area contributed by atoms with Crippen molar-refractivity contribution in [1.29, 1.82) is 0 Å². The van der Waals surface area contributed by atoms with Crippen LogP contribution < -0.4 is 5.48 Å². The summed E-state index contributed by atoms with van der Waals surface area (Å²) >= 11 is 11.8. The summed E-state index contributed by atoms with van der Waals surface area (Å²) in [5.74, 6) is -0.285. The smallest absolute Gasteiger partial charge is 0.252 e. The molecule has 2 atom stereocenters. The lowest BCUT2D eigenvalue weighted by Gasteiger charge is -2.23. The third kappa shape index (κ3) is 2.30. The minimum Gasteiger partial charge on any atom is -0.350 e. The van der Waals surface area contributed by atoms with Gasteiger partial charge in [-0.05, 0) is 26.2 Å². The van der Waals surface area contributed by atoms with Gasteiger partial charge in [0.25, 0.3) is 5.91 Å². The molecule has 6 heteroatoms. The van der Waals surface area contributed by atoms with E-state index in [9.17, 15) is 4.79 Å². The molecule has 1 amide bonds. The summed E-state index contributed by atoms with van der Waals surface area (Å²) in [6, 6.07) is 0. The van der Waals surface area contributed by atoms with Gasteiger partial charge in [-0.2, -0.15) is 0 Å². The third-order valence-electron chi connectivity index (χ3n) is 3.18. The predicted octanol–water partition coefficient (Wildman–Crippen LogP) is 2.14. The molecular formula is C10H15Cl2NO3. The van der Waals surface area contributed by atoms with Gasteiger partial charge in [-0.25, -0.2) is 10.3 Å². The van der Waals surface area contributed by atoms with Crippen molar-refractivity contribution in [3.8, 4) is 0 Å². The highest BCUT2D eigenvalue weighted by molar-refractivity contribution is 6.53. The number of rotatable bonds is 3. The predicted molar refractivity (Wildman–Crippen MR) is 60.0 cm³/mol. The van der Waals surface area contributed by atoms with Crippen molar-refractivity contribution in [2.75, 3.05) is 6.61 Å². The van der Waals surface area contributed by atoms with E-state index < -0.39 is 9.75 Å². The Kier molecular flexibility index (Phi) is 3.36. The molecule has 4 nitrogen and oxygen atoms in total. The zero-order valence-electron chi connectivity index (χ0n) is 9.09. The highest BCUT2D eigenvalue weighted by Gasteiger charge is 2.68. The molecule has 1 N–H and O–H groups in total. The van der Waals surface area contributed by atoms with Crippen LogP contribution >= 0.6 is 23.2 Å². The third-order valence-corrected chi connectivity index (χ3v) is 4.28. The van der Waals surface area contributed by atoms with Crippen LogP contribution in [0, 0.1) is 5.41 Å². The monoisotopic (exact) mass is 267 g/mol. The Morgan fingerprint density at radius 3 is 2.69 bits per heavy atom. The summed E-state index contributed by atoms with van der Waals surface area (Å²) in [6.07, 6.45) is 2.98. The van der Waals surface area contributed by atoms with Gasteiger partial charge in [0.15, 0.2) is 6.29 Å². The normalized spacial score (nSPS) is 36.8. The molecule has 1 saturated carbocycles. The molecule has 0 radical (unpaired) electrons. The van der Waals surface area contributed by atoms with Crippen molar-refractivity contribution in [2.45, 2.75) is 43.2 Å². The van der Waals surface area contributed by atoms with Crippen LogP contribution in [0.15, 0.2) is 0 Å². The maximum atomic E-state index is 11.7. The molecule has 1 aliphatic carbocycles. The first-order valence-corrected chi connectivity index (χ1v) is 6.17. The van der Waals surface area contributed by atoms with Crippen molar-refractivity contribution >= 4 is 29.1 Å². The number of hydrogen-bond acceptors (Lipinski definition) is 3. The number of hydrogen-bond donors (Lipinski definition) is 1. The van der Waals surface area contributed by atoms with E-state index in [2.05, 4.69) is 5.48 Å². The average Bonchev–Trinajstić information content (AvgIpc) is 2.78. The summed E-state index contributed by atoms with van der Waals surface area (Å²) < 4.78 is 4.35. The summed E-state index contributed by atoms with van der Waals surface area (Å²) in [7, 11) is 0. The van der Waals surface area contributed by atoms with Gasteiger partial charge in [-0.15, -0.1) is 23.2 Å². The molecule has 0 aromatic rings. The first-order valence-electron chi connectivity index (χ1n) is 5.41. The zero-order chi connectivity index (χ0) is 11.8. The second kappa shape index (κ2) is 4.33. The van der Waals surface area contributed by atoms with Gasteiger partial charge in [0.2, 0.25) is 0 Å². The molecule has 0 spiro atoms. The zero-order valence-corrected chi connectivity index (χ0v) is 10.6.